The van der Waals surface area contributed by atoms with Crippen LogP contribution in [0.4, 0.5) is 0 Å². The molecule has 0 aliphatic heterocycles. The lowest BCUT2D eigenvalue weighted by atomic mass is 10.2. The van der Waals surface area contributed by atoms with Crippen molar-refractivity contribution in [3.8, 4) is 17.1 Å². The van der Waals surface area contributed by atoms with Crippen molar-refractivity contribution in [1.82, 2.24) is 9.97 Å². The first kappa shape index (κ1) is 12.6. The van der Waals surface area contributed by atoms with Gasteiger partial charge in [0.25, 0.3) is 0 Å². The molecule has 1 aromatic heterocycles. The van der Waals surface area contributed by atoms with Gasteiger partial charge in [-0.05, 0) is 30.3 Å². The van der Waals surface area contributed by atoms with Gasteiger partial charge >= 0.3 is 0 Å². The number of hydrogen-bond acceptors (Lipinski definition) is 2. The summed E-state index contributed by atoms with van der Waals surface area (Å²) in [7, 11) is 0. The van der Waals surface area contributed by atoms with Crippen LogP contribution in [0.25, 0.3) is 22.4 Å². The van der Waals surface area contributed by atoms with E-state index < -0.39 is 0 Å². The summed E-state index contributed by atoms with van der Waals surface area (Å²) in [4.78, 5) is 7.55. The first-order valence-electron chi connectivity index (χ1n) is 5.38. The van der Waals surface area contributed by atoms with Gasteiger partial charge in [0.1, 0.15) is 11.6 Å². The van der Waals surface area contributed by atoms with E-state index in [0.29, 0.717) is 21.4 Å². The van der Waals surface area contributed by atoms with Crippen LogP contribution in [-0.2, 0) is 0 Å². The summed E-state index contributed by atoms with van der Waals surface area (Å²) < 4.78 is 0. The van der Waals surface area contributed by atoms with Crippen molar-refractivity contribution in [3.05, 3.63) is 45.4 Å². The number of aromatic hydroxyl groups is 1. The minimum atomic E-state index is 0.0348. The van der Waals surface area contributed by atoms with E-state index in [2.05, 4.69) is 9.97 Å². The summed E-state index contributed by atoms with van der Waals surface area (Å²) in [6, 6.07) is 8.30. The molecule has 0 bridgehead atoms. The van der Waals surface area contributed by atoms with Gasteiger partial charge in [-0.15, -0.1) is 0 Å². The Kier molecular flexibility index (Phi) is 3.05. The first-order valence-corrected chi connectivity index (χ1v) is 6.51. The molecule has 0 aliphatic carbocycles. The second-order valence-corrected chi connectivity index (χ2v) is 5.26. The van der Waals surface area contributed by atoms with E-state index >= 15 is 0 Å². The third-order valence-corrected chi connectivity index (χ3v) is 3.77. The SMILES string of the molecule is Oc1ccc(-c2nc3cc(Cl)c(Cl)cc3[nH]2)cc1Cl. The average Bonchev–Trinajstić information content (AvgIpc) is 2.76. The molecule has 0 fully saturated rings. The van der Waals surface area contributed by atoms with Gasteiger partial charge in [-0.1, -0.05) is 34.8 Å². The fraction of sp³-hybridized carbons (Fsp3) is 0. The number of aromatic amines is 1. The van der Waals surface area contributed by atoms with Crippen molar-refractivity contribution in [1.29, 1.82) is 0 Å². The Morgan fingerprint density at radius 3 is 2.42 bits per heavy atom. The Labute approximate surface area is 123 Å². The molecule has 3 aromatic rings. The molecule has 0 unspecified atom stereocenters. The molecule has 1 heterocycles. The number of hydrogen-bond donors (Lipinski definition) is 2. The molecule has 0 atom stereocenters. The van der Waals surface area contributed by atoms with Crippen molar-refractivity contribution in [2.75, 3.05) is 0 Å². The van der Waals surface area contributed by atoms with Gasteiger partial charge in [0.2, 0.25) is 0 Å². The third-order valence-electron chi connectivity index (χ3n) is 2.75. The first-order chi connectivity index (χ1) is 9.04. The number of imidazole rings is 1. The molecule has 2 aromatic carbocycles. The standard InChI is InChI=1S/C13H7Cl3N2O/c14-7-4-10-11(5-8(7)15)18-13(17-10)6-1-2-12(19)9(16)3-6/h1-5,19H,(H,17,18). The number of benzene rings is 2. The molecule has 0 spiro atoms. The largest absolute Gasteiger partial charge is 0.506 e. The van der Waals surface area contributed by atoms with Crippen LogP contribution < -0.4 is 0 Å². The summed E-state index contributed by atoms with van der Waals surface area (Å²) >= 11 is 17.8. The highest BCUT2D eigenvalue weighted by Gasteiger charge is 2.09. The van der Waals surface area contributed by atoms with E-state index in [0.717, 1.165) is 11.1 Å². The highest BCUT2D eigenvalue weighted by molar-refractivity contribution is 6.42. The smallest absolute Gasteiger partial charge is 0.138 e. The van der Waals surface area contributed by atoms with E-state index in [1.807, 2.05) is 0 Å². The maximum absolute atomic E-state index is 9.41. The molecule has 19 heavy (non-hydrogen) atoms. The molecule has 96 valence electrons. The molecular formula is C13H7Cl3N2O. The van der Waals surface area contributed by atoms with E-state index in [4.69, 9.17) is 34.8 Å². The van der Waals surface area contributed by atoms with E-state index in [1.165, 1.54) is 6.07 Å². The summed E-state index contributed by atoms with van der Waals surface area (Å²) in [6.45, 7) is 0. The quantitative estimate of drug-likeness (QED) is 0.671. The lowest BCUT2D eigenvalue weighted by Gasteiger charge is -1.99. The molecular weight excluding hydrogens is 307 g/mol. The molecule has 6 heteroatoms. The molecule has 0 amide bonds. The fourth-order valence-electron chi connectivity index (χ4n) is 1.80. The number of halogens is 3. The van der Waals surface area contributed by atoms with Crippen molar-refractivity contribution < 1.29 is 5.11 Å². The predicted molar refractivity (Wildman–Crippen MR) is 78.2 cm³/mol. The van der Waals surface area contributed by atoms with Crippen molar-refractivity contribution in [2.24, 2.45) is 0 Å². The Morgan fingerprint density at radius 2 is 1.68 bits per heavy atom. The highest BCUT2D eigenvalue weighted by Crippen LogP contribution is 2.31. The average molecular weight is 314 g/mol. The van der Waals surface area contributed by atoms with Crippen LogP contribution in [-0.4, -0.2) is 15.1 Å². The zero-order valence-electron chi connectivity index (χ0n) is 9.42. The summed E-state index contributed by atoms with van der Waals surface area (Å²) in [5.41, 5.74) is 2.27. The minimum Gasteiger partial charge on any atom is -0.506 e. The normalized spacial score (nSPS) is 11.1. The monoisotopic (exact) mass is 312 g/mol. The van der Waals surface area contributed by atoms with Gasteiger partial charge in [0.15, 0.2) is 0 Å². The third kappa shape index (κ3) is 2.25. The highest BCUT2D eigenvalue weighted by atomic mass is 35.5. The fourth-order valence-corrected chi connectivity index (χ4v) is 2.30. The zero-order chi connectivity index (χ0) is 13.6. The number of nitrogens with one attached hydrogen (secondary N) is 1. The van der Waals surface area contributed by atoms with Gasteiger partial charge in [0, 0.05) is 5.56 Å². The number of rotatable bonds is 1. The Bertz CT molecular complexity index is 744. The molecule has 0 saturated heterocycles. The Morgan fingerprint density at radius 1 is 0.947 bits per heavy atom. The maximum Gasteiger partial charge on any atom is 0.138 e. The molecule has 3 rings (SSSR count). The molecule has 0 saturated carbocycles. The van der Waals surface area contributed by atoms with Gasteiger partial charge in [-0.3, -0.25) is 0 Å². The van der Waals surface area contributed by atoms with Crippen LogP contribution in [0.1, 0.15) is 0 Å². The van der Waals surface area contributed by atoms with Gasteiger partial charge < -0.3 is 10.1 Å². The van der Waals surface area contributed by atoms with Crippen molar-refractivity contribution in [3.63, 3.8) is 0 Å². The lowest BCUT2D eigenvalue weighted by molar-refractivity contribution is 0.475. The van der Waals surface area contributed by atoms with Gasteiger partial charge in [0.05, 0.1) is 26.1 Å². The topological polar surface area (TPSA) is 48.9 Å². The molecule has 0 aliphatic rings. The summed E-state index contributed by atoms with van der Waals surface area (Å²) in [6.07, 6.45) is 0. The molecule has 2 N–H and O–H groups in total. The van der Waals surface area contributed by atoms with Crippen molar-refractivity contribution >= 4 is 45.8 Å². The van der Waals surface area contributed by atoms with E-state index in [9.17, 15) is 5.11 Å². The maximum atomic E-state index is 9.41. The number of aromatic nitrogens is 2. The number of phenols is 1. The van der Waals surface area contributed by atoms with Crippen LogP contribution in [0.5, 0.6) is 5.75 Å². The Balaban J connectivity index is 2.17. The second-order valence-electron chi connectivity index (χ2n) is 4.04. The second kappa shape index (κ2) is 4.60. The lowest BCUT2D eigenvalue weighted by Crippen LogP contribution is -1.80. The number of nitrogens with zero attached hydrogens (tertiary/aromatic N) is 1. The molecule has 3 nitrogen and oxygen atoms in total. The summed E-state index contributed by atoms with van der Waals surface area (Å²) in [5, 5.41) is 10.6. The Hall–Kier alpha value is -1.42. The predicted octanol–water partition coefficient (Wildman–Crippen LogP) is 4.90. The molecule has 0 radical (unpaired) electrons. The summed E-state index contributed by atoms with van der Waals surface area (Å²) in [5.74, 6) is 0.669. The number of phenolic OH excluding ortho intramolecular Hbond substituents is 1. The number of H-pyrrole nitrogens is 1. The van der Waals surface area contributed by atoms with E-state index in [1.54, 1.807) is 24.3 Å². The van der Waals surface area contributed by atoms with Crippen molar-refractivity contribution in [2.45, 2.75) is 0 Å². The van der Waals surface area contributed by atoms with Crippen LogP contribution in [0, 0.1) is 0 Å². The van der Waals surface area contributed by atoms with Crippen LogP contribution in [0.2, 0.25) is 15.1 Å². The number of fused-ring (bicyclic) bond motifs is 1. The van der Waals surface area contributed by atoms with Crippen LogP contribution in [0.15, 0.2) is 30.3 Å². The van der Waals surface area contributed by atoms with Gasteiger partial charge in [-0.2, -0.15) is 0 Å². The van der Waals surface area contributed by atoms with Gasteiger partial charge in [-0.25, -0.2) is 4.98 Å². The minimum absolute atomic E-state index is 0.0348. The zero-order valence-corrected chi connectivity index (χ0v) is 11.7. The van der Waals surface area contributed by atoms with Crippen LogP contribution >= 0.6 is 34.8 Å². The van der Waals surface area contributed by atoms with Crippen LogP contribution in [0.3, 0.4) is 0 Å². The van der Waals surface area contributed by atoms with E-state index in [-0.39, 0.29) is 10.8 Å².